The number of benzene rings is 2. The Balaban J connectivity index is 1.40. The van der Waals surface area contributed by atoms with Crippen molar-refractivity contribution in [2.24, 2.45) is 0 Å². The zero-order valence-electron chi connectivity index (χ0n) is 15.9. The predicted octanol–water partition coefficient (Wildman–Crippen LogP) is 2.37. The SMILES string of the molecule is C[C@@]1(NC(=O)COC(=O)Cc2coc3ccc4ccccc4c23)CCS(=O)(=O)C1. The van der Waals surface area contributed by atoms with Crippen LogP contribution in [0.15, 0.2) is 47.1 Å². The maximum absolute atomic E-state index is 12.3. The molecule has 7 nitrogen and oxygen atoms in total. The van der Waals surface area contributed by atoms with Crippen LogP contribution in [0.2, 0.25) is 0 Å². The minimum atomic E-state index is -3.14. The molecule has 8 heteroatoms. The van der Waals surface area contributed by atoms with E-state index < -0.39 is 33.9 Å². The van der Waals surface area contributed by atoms with Crippen molar-refractivity contribution in [2.75, 3.05) is 18.1 Å². The van der Waals surface area contributed by atoms with Gasteiger partial charge in [0.15, 0.2) is 16.4 Å². The molecule has 1 saturated heterocycles. The molecule has 152 valence electrons. The van der Waals surface area contributed by atoms with E-state index in [9.17, 15) is 18.0 Å². The molecule has 1 atom stereocenters. The molecule has 3 aromatic rings. The van der Waals surface area contributed by atoms with Crippen LogP contribution in [-0.4, -0.2) is 43.9 Å². The molecule has 2 heterocycles. The molecule has 1 N–H and O–H groups in total. The lowest BCUT2D eigenvalue weighted by molar-refractivity contribution is -0.148. The number of amides is 1. The van der Waals surface area contributed by atoms with E-state index in [0.717, 1.165) is 16.2 Å². The highest BCUT2D eigenvalue weighted by Gasteiger charge is 2.39. The van der Waals surface area contributed by atoms with Crippen molar-refractivity contribution in [3.05, 3.63) is 48.2 Å². The van der Waals surface area contributed by atoms with Gasteiger partial charge in [-0.05, 0) is 30.2 Å². The number of sulfone groups is 1. The van der Waals surface area contributed by atoms with Crippen LogP contribution >= 0.6 is 0 Å². The second-order valence-corrected chi connectivity index (χ2v) is 9.89. The monoisotopic (exact) mass is 415 g/mol. The van der Waals surface area contributed by atoms with Gasteiger partial charge in [0.25, 0.3) is 5.91 Å². The van der Waals surface area contributed by atoms with E-state index in [0.29, 0.717) is 17.6 Å². The summed E-state index contributed by atoms with van der Waals surface area (Å²) in [6.45, 7) is 1.23. The molecule has 0 unspecified atom stereocenters. The number of carbonyl (C=O) groups is 2. The first-order valence-electron chi connectivity index (χ1n) is 9.30. The Hall–Kier alpha value is -2.87. The highest BCUT2D eigenvalue weighted by atomic mass is 32.2. The Morgan fingerprint density at radius 2 is 2.00 bits per heavy atom. The van der Waals surface area contributed by atoms with E-state index in [1.807, 2.05) is 36.4 Å². The van der Waals surface area contributed by atoms with Gasteiger partial charge < -0.3 is 14.5 Å². The van der Waals surface area contributed by atoms with Gasteiger partial charge in [0.05, 0.1) is 29.7 Å². The van der Waals surface area contributed by atoms with Crippen molar-refractivity contribution in [3.63, 3.8) is 0 Å². The third kappa shape index (κ3) is 4.12. The topological polar surface area (TPSA) is 103 Å². The summed E-state index contributed by atoms with van der Waals surface area (Å²) in [6.07, 6.45) is 1.85. The van der Waals surface area contributed by atoms with Gasteiger partial charge in [0, 0.05) is 10.9 Å². The average molecular weight is 415 g/mol. The molecule has 0 spiro atoms. The van der Waals surface area contributed by atoms with E-state index in [-0.39, 0.29) is 17.9 Å². The Labute approximate surface area is 167 Å². The average Bonchev–Trinajstić information content (AvgIpc) is 3.20. The Kier molecular flexibility index (Phi) is 4.82. The zero-order chi connectivity index (χ0) is 20.6. The maximum Gasteiger partial charge on any atom is 0.310 e. The molecule has 29 heavy (non-hydrogen) atoms. The van der Waals surface area contributed by atoms with E-state index in [1.165, 1.54) is 6.26 Å². The number of fused-ring (bicyclic) bond motifs is 3. The smallest absolute Gasteiger partial charge is 0.310 e. The summed E-state index contributed by atoms with van der Waals surface area (Å²) in [7, 11) is -3.14. The predicted molar refractivity (Wildman–Crippen MR) is 108 cm³/mol. The maximum atomic E-state index is 12.3. The summed E-state index contributed by atoms with van der Waals surface area (Å²) in [5, 5.41) is 5.54. The lowest BCUT2D eigenvalue weighted by atomic mass is 10.0. The third-order valence-corrected chi connectivity index (χ3v) is 7.09. The first-order valence-corrected chi connectivity index (χ1v) is 11.1. The fourth-order valence-corrected chi connectivity index (χ4v) is 5.93. The lowest BCUT2D eigenvalue weighted by Gasteiger charge is -2.23. The number of ether oxygens (including phenoxy) is 1. The standard InChI is InChI=1S/C21H21NO6S/c1-21(8-9-29(25,26)13-21)22-18(23)12-28-19(24)10-15-11-27-17-7-6-14-4-2-3-5-16(14)20(15)17/h2-7,11H,8-10,12-13H2,1H3,(H,22,23)/t21-/m1/s1. The van der Waals surface area contributed by atoms with Crippen molar-refractivity contribution in [3.8, 4) is 0 Å². The van der Waals surface area contributed by atoms with Gasteiger partial charge in [-0.2, -0.15) is 0 Å². The lowest BCUT2D eigenvalue weighted by Crippen LogP contribution is -2.48. The summed E-state index contributed by atoms with van der Waals surface area (Å²) in [4.78, 5) is 24.4. The van der Waals surface area contributed by atoms with E-state index in [4.69, 9.17) is 9.15 Å². The Morgan fingerprint density at radius 1 is 1.21 bits per heavy atom. The minimum absolute atomic E-state index is 0.0278. The molecular weight excluding hydrogens is 394 g/mol. The van der Waals surface area contributed by atoms with Gasteiger partial charge in [0.1, 0.15) is 5.58 Å². The Morgan fingerprint density at radius 3 is 2.76 bits per heavy atom. The molecule has 2 aromatic carbocycles. The van der Waals surface area contributed by atoms with Crippen LogP contribution < -0.4 is 5.32 Å². The Bertz CT molecular complexity index is 1210. The fourth-order valence-electron chi connectivity index (χ4n) is 3.84. The summed E-state index contributed by atoms with van der Waals surface area (Å²) < 4.78 is 33.9. The van der Waals surface area contributed by atoms with Crippen LogP contribution in [0, 0.1) is 0 Å². The first-order chi connectivity index (χ1) is 13.7. The fraction of sp³-hybridized carbons (Fsp3) is 0.333. The van der Waals surface area contributed by atoms with E-state index in [1.54, 1.807) is 6.92 Å². The minimum Gasteiger partial charge on any atom is -0.464 e. The molecule has 1 amide bonds. The molecule has 1 fully saturated rings. The van der Waals surface area contributed by atoms with Gasteiger partial charge in [0.2, 0.25) is 0 Å². The third-order valence-electron chi connectivity index (χ3n) is 5.18. The molecule has 1 aliphatic heterocycles. The summed E-state index contributed by atoms with van der Waals surface area (Å²) in [6, 6.07) is 11.6. The second kappa shape index (κ2) is 7.18. The summed E-state index contributed by atoms with van der Waals surface area (Å²) >= 11 is 0. The zero-order valence-corrected chi connectivity index (χ0v) is 16.8. The van der Waals surface area contributed by atoms with Crippen molar-refractivity contribution in [2.45, 2.75) is 25.3 Å². The second-order valence-electron chi connectivity index (χ2n) is 7.71. The van der Waals surface area contributed by atoms with E-state index >= 15 is 0 Å². The summed E-state index contributed by atoms with van der Waals surface area (Å²) in [5.74, 6) is -1.13. The number of esters is 1. The van der Waals surface area contributed by atoms with Crippen molar-refractivity contribution < 1.29 is 27.2 Å². The van der Waals surface area contributed by atoms with Gasteiger partial charge >= 0.3 is 5.97 Å². The van der Waals surface area contributed by atoms with Crippen molar-refractivity contribution in [1.82, 2.24) is 5.32 Å². The van der Waals surface area contributed by atoms with Gasteiger partial charge in [-0.3, -0.25) is 9.59 Å². The number of carbonyl (C=O) groups excluding carboxylic acids is 2. The number of rotatable bonds is 5. The van der Waals surface area contributed by atoms with Crippen LogP contribution in [0.5, 0.6) is 0 Å². The van der Waals surface area contributed by atoms with Crippen LogP contribution in [0.25, 0.3) is 21.7 Å². The highest BCUT2D eigenvalue weighted by molar-refractivity contribution is 7.91. The molecule has 1 aliphatic rings. The summed E-state index contributed by atoms with van der Waals surface area (Å²) in [5.41, 5.74) is 0.554. The van der Waals surface area contributed by atoms with E-state index in [2.05, 4.69) is 5.32 Å². The molecule has 0 radical (unpaired) electrons. The molecule has 0 bridgehead atoms. The van der Waals surface area contributed by atoms with Gasteiger partial charge in [-0.1, -0.05) is 30.3 Å². The van der Waals surface area contributed by atoms with Crippen LogP contribution in [-0.2, 0) is 30.6 Å². The normalized spacial score (nSPS) is 20.7. The van der Waals surface area contributed by atoms with Gasteiger partial charge in [-0.25, -0.2) is 8.42 Å². The highest BCUT2D eigenvalue weighted by Crippen LogP contribution is 2.30. The van der Waals surface area contributed by atoms with Crippen LogP contribution in [0.3, 0.4) is 0 Å². The number of furan rings is 1. The largest absolute Gasteiger partial charge is 0.464 e. The van der Waals surface area contributed by atoms with Crippen molar-refractivity contribution in [1.29, 1.82) is 0 Å². The van der Waals surface area contributed by atoms with Crippen LogP contribution in [0.4, 0.5) is 0 Å². The van der Waals surface area contributed by atoms with Crippen molar-refractivity contribution >= 4 is 43.5 Å². The van der Waals surface area contributed by atoms with Gasteiger partial charge in [-0.15, -0.1) is 0 Å². The molecule has 4 rings (SSSR count). The molecule has 1 aromatic heterocycles. The quantitative estimate of drug-likeness (QED) is 0.642. The molecule has 0 saturated carbocycles. The molecular formula is C21H21NO6S. The molecule has 0 aliphatic carbocycles. The van der Waals surface area contributed by atoms with Crippen LogP contribution in [0.1, 0.15) is 18.9 Å². The number of nitrogens with one attached hydrogen (secondary N) is 1. The first kappa shape index (κ1) is 19.4. The number of hydrogen-bond donors (Lipinski definition) is 1. The number of hydrogen-bond acceptors (Lipinski definition) is 6.